The summed E-state index contributed by atoms with van der Waals surface area (Å²) in [5, 5.41) is 11.3. The quantitative estimate of drug-likeness (QED) is 0.268. The second kappa shape index (κ2) is 14.9. The van der Waals surface area contributed by atoms with E-state index in [9.17, 15) is 18.1 Å². The zero-order valence-corrected chi connectivity index (χ0v) is 21.6. The predicted octanol–water partition coefficient (Wildman–Crippen LogP) is 3.27. The van der Waals surface area contributed by atoms with Gasteiger partial charge in [-0.1, -0.05) is 82.9 Å². The molecule has 31 heavy (non-hydrogen) atoms. The predicted molar refractivity (Wildman–Crippen MR) is 118 cm³/mol. The first-order valence-electron chi connectivity index (χ1n) is 11.0. The molecule has 166 valence electrons. The number of aryl methyl sites for hydroxylation is 1. The van der Waals surface area contributed by atoms with Gasteiger partial charge in [0.05, 0.1) is 4.90 Å². The summed E-state index contributed by atoms with van der Waals surface area (Å²) in [6.07, 6.45) is 13.2. The molecule has 1 N–H and O–H groups in total. The Kier molecular flexibility index (Phi) is 13.5. The summed E-state index contributed by atoms with van der Waals surface area (Å²) < 4.78 is 38.2. The molecule has 0 atom stereocenters. The second-order valence-electron chi connectivity index (χ2n) is 7.75. The summed E-state index contributed by atoms with van der Waals surface area (Å²) in [6.45, 7) is 2.23. The first-order valence-corrected chi connectivity index (χ1v) is 12.4. The average Bonchev–Trinajstić information content (AvgIpc) is 2.71. The third kappa shape index (κ3) is 10.9. The molecule has 0 heterocycles. The van der Waals surface area contributed by atoms with Crippen LogP contribution in [0.15, 0.2) is 47.4 Å². The summed E-state index contributed by atoms with van der Waals surface area (Å²) >= 11 is 0. The van der Waals surface area contributed by atoms with Gasteiger partial charge in [0.25, 0.3) is 10.1 Å². The van der Waals surface area contributed by atoms with Crippen molar-refractivity contribution in [3.05, 3.63) is 48.0 Å². The summed E-state index contributed by atoms with van der Waals surface area (Å²) in [4.78, 5) is -0.204. The minimum Gasteiger partial charge on any atom is -0.872 e. The Hall–Kier alpha value is -1.05. The fourth-order valence-corrected chi connectivity index (χ4v) is 3.93. The van der Waals surface area contributed by atoms with E-state index in [0.717, 1.165) is 24.8 Å². The molecule has 0 amide bonds. The van der Waals surface area contributed by atoms with Crippen molar-refractivity contribution >= 4 is 10.1 Å². The monoisotopic (exact) mass is 456 g/mol. The van der Waals surface area contributed by atoms with Crippen LogP contribution in [0.5, 0.6) is 17.2 Å². The molecule has 2 aromatic carbocycles. The van der Waals surface area contributed by atoms with Crippen LogP contribution in [0.2, 0.25) is 0 Å². The van der Waals surface area contributed by atoms with Crippen LogP contribution >= 0.6 is 0 Å². The van der Waals surface area contributed by atoms with Gasteiger partial charge in [-0.25, -0.2) is 0 Å². The molecule has 7 heteroatoms. The third-order valence-corrected chi connectivity index (χ3v) is 6.04. The number of hydrogen-bond donors (Lipinski definition) is 1. The average molecular weight is 457 g/mol. The van der Waals surface area contributed by atoms with Gasteiger partial charge in [0.2, 0.25) is 0 Å². The standard InChI is InChI=1S/C24H34O5S.Na/c1-2-3-4-5-6-7-8-9-10-11-12-20-13-18-23(30(26,27)28)19-24(20)29-22-16-14-21(25)15-17-22;/h13-19,25H,2-12H2,1H3,(H,26,27,28);/q;+1/p-1. The van der Waals surface area contributed by atoms with Crippen molar-refractivity contribution in [1.29, 1.82) is 0 Å². The van der Waals surface area contributed by atoms with E-state index in [1.807, 2.05) is 0 Å². The van der Waals surface area contributed by atoms with Crippen molar-refractivity contribution < 1.29 is 52.4 Å². The number of benzene rings is 2. The zero-order valence-electron chi connectivity index (χ0n) is 18.8. The molecule has 0 aromatic heterocycles. The topological polar surface area (TPSA) is 86.7 Å². The minimum atomic E-state index is -4.32. The van der Waals surface area contributed by atoms with Crippen molar-refractivity contribution in [2.75, 3.05) is 0 Å². The molecule has 0 saturated heterocycles. The Balaban J connectivity index is 0.00000480. The summed E-state index contributed by atoms with van der Waals surface area (Å²) in [6, 6.07) is 10.3. The van der Waals surface area contributed by atoms with E-state index < -0.39 is 10.1 Å². The number of unbranched alkanes of at least 4 members (excludes halogenated alkanes) is 9. The maximum atomic E-state index is 11.5. The van der Waals surface area contributed by atoms with E-state index in [2.05, 4.69) is 6.92 Å². The van der Waals surface area contributed by atoms with E-state index in [-0.39, 0.29) is 40.2 Å². The van der Waals surface area contributed by atoms with Gasteiger partial charge >= 0.3 is 29.6 Å². The van der Waals surface area contributed by atoms with Gasteiger partial charge in [-0.05, 0) is 36.6 Å². The van der Waals surface area contributed by atoms with E-state index in [1.165, 1.54) is 75.6 Å². The summed E-state index contributed by atoms with van der Waals surface area (Å²) in [7, 11) is -4.32. The first-order chi connectivity index (χ1) is 14.4. The molecule has 0 aliphatic rings. The summed E-state index contributed by atoms with van der Waals surface area (Å²) in [5.41, 5.74) is 0.883. The maximum Gasteiger partial charge on any atom is 1.00 e. The molecule has 0 saturated carbocycles. The van der Waals surface area contributed by atoms with Crippen molar-refractivity contribution in [3.63, 3.8) is 0 Å². The Morgan fingerprint density at radius 1 is 0.839 bits per heavy atom. The fraction of sp³-hybridized carbons (Fsp3) is 0.500. The number of rotatable bonds is 14. The first kappa shape index (κ1) is 28.0. The Morgan fingerprint density at radius 3 is 1.94 bits per heavy atom. The van der Waals surface area contributed by atoms with Crippen molar-refractivity contribution in [2.24, 2.45) is 0 Å². The van der Waals surface area contributed by atoms with Crippen molar-refractivity contribution in [1.82, 2.24) is 0 Å². The van der Waals surface area contributed by atoms with E-state index in [4.69, 9.17) is 4.74 Å². The van der Waals surface area contributed by atoms with Gasteiger partial charge in [-0.2, -0.15) is 8.42 Å². The van der Waals surface area contributed by atoms with Crippen molar-refractivity contribution in [3.8, 4) is 17.2 Å². The van der Waals surface area contributed by atoms with Crippen LogP contribution in [0.25, 0.3) is 0 Å². The van der Waals surface area contributed by atoms with Gasteiger partial charge < -0.3 is 9.84 Å². The van der Waals surface area contributed by atoms with Crippen LogP contribution in [0, 0.1) is 0 Å². The molecule has 0 aliphatic heterocycles. The zero-order chi connectivity index (χ0) is 21.8. The molecule has 0 aliphatic carbocycles. The van der Waals surface area contributed by atoms with Gasteiger partial charge in [0, 0.05) is 6.07 Å². The van der Waals surface area contributed by atoms with E-state index in [0.29, 0.717) is 11.5 Å². The normalized spacial score (nSPS) is 11.2. The maximum absolute atomic E-state index is 11.5. The van der Waals surface area contributed by atoms with Gasteiger partial charge in [-0.3, -0.25) is 4.55 Å². The molecule has 2 aromatic rings. The van der Waals surface area contributed by atoms with Crippen molar-refractivity contribution in [2.45, 2.75) is 82.4 Å². The molecule has 2 rings (SSSR count). The van der Waals surface area contributed by atoms with Crippen LogP contribution in [0.4, 0.5) is 0 Å². The Morgan fingerprint density at radius 2 is 1.39 bits per heavy atom. The largest absolute Gasteiger partial charge is 1.00 e. The molecule has 0 unspecified atom stereocenters. The fourth-order valence-electron chi connectivity index (χ4n) is 3.43. The van der Waals surface area contributed by atoms with E-state index in [1.54, 1.807) is 18.2 Å². The van der Waals surface area contributed by atoms with Crippen LogP contribution < -0.4 is 39.4 Å². The number of ether oxygens (including phenoxy) is 1. The Labute approximate surface area is 209 Å². The molecule has 0 bridgehead atoms. The third-order valence-electron chi connectivity index (χ3n) is 5.19. The molecule has 0 radical (unpaired) electrons. The van der Waals surface area contributed by atoms with Crippen LogP contribution in [0.3, 0.4) is 0 Å². The van der Waals surface area contributed by atoms with Crippen LogP contribution in [0.1, 0.15) is 76.7 Å². The molecule has 5 nitrogen and oxygen atoms in total. The SMILES string of the molecule is CCCCCCCCCCCCc1ccc(S(=O)(=O)O)cc1Oc1ccc([O-])cc1.[Na+]. The van der Waals surface area contributed by atoms with E-state index >= 15 is 0 Å². The van der Waals surface area contributed by atoms with Gasteiger partial charge in [0.1, 0.15) is 11.5 Å². The minimum absolute atomic E-state index is 0. The molecular formula is C24H33NaO5S. The molecule has 0 fully saturated rings. The van der Waals surface area contributed by atoms with Gasteiger partial charge in [-0.15, -0.1) is 5.75 Å². The Bertz CT molecular complexity index is 866. The second-order valence-corrected chi connectivity index (χ2v) is 9.17. The molecule has 0 spiro atoms. The number of hydrogen-bond acceptors (Lipinski definition) is 4. The van der Waals surface area contributed by atoms with Crippen LogP contribution in [-0.2, 0) is 16.5 Å². The van der Waals surface area contributed by atoms with Crippen LogP contribution in [-0.4, -0.2) is 13.0 Å². The smallest absolute Gasteiger partial charge is 0.872 e. The van der Waals surface area contributed by atoms with Gasteiger partial charge in [0.15, 0.2) is 0 Å². The summed E-state index contributed by atoms with van der Waals surface area (Å²) in [5.74, 6) is 0.714. The molecular weight excluding hydrogens is 423 g/mol.